The van der Waals surface area contributed by atoms with Crippen molar-refractivity contribution in [3.05, 3.63) is 11.5 Å². The predicted molar refractivity (Wildman–Crippen MR) is 64.9 cm³/mol. The van der Waals surface area contributed by atoms with E-state index in [1.165, 1.54) is 0 Å². The van der Waals surface area contributed by atoms with Crippen LogP contribution in [0, 0.1) is 11.8 Å². The van der Waals surface area contributed by atoms with Gasteiger partial charge in [-0.25, -0.2) is 0 Å². The average Bonchev–Trinajstić information content (AvgIpc) is 2.34. The van der Waals surface area contributed by atoms with Crippen LogP contribution in [0.3, 0.4) is 0 Å². The minimum Gasteiger partial charge on any atom is -0.496 e. The summed E-state index contributed by atoms with van der Waals surface area (Å²) in [4.78, 5) is 0. The molecule has 1 N–H and O–H groups in total. The van der Waals surface area contributed by atoms with Crippen molar-refractivity contribution in [3.63, 3.8) is 0 Å². The molecule has 0 saturated heterocycles. The van der Waals surface area contributed by atoms with Gasteiger partial charge in [0.2, 0.25) is 0 Å². The lowest BCUT2D eigenvalue weighted by atomic mass is 9.82. The first-order valence-electron chi connectivity index (χ1n) is 6.39. The molecule has 5 heteroatoms. The molecule has 0 spiro atoms. The smallest absolute Gasteiger partial charge is 0.391 e. The lowest BCUT2D eigenvalue weighted by Crippen LogP contribution is -2.29. The van der Waals surface area contributed by atoms with Crippen molar-refractivity contribution in [1.82, 2.24) is 5.32 Å². The number of hydrogen-bond donors (Lipinski definition) is 1. The highest BCUT2D eigenvalue weighted by Gasteiger charge is 2.41. The molecule has 2 nitrogen and oxygen atoms in total. The van der Waals surface area contributed by atoms with E-state index in [2.05, 4.69) is 5.32 Å². The number of allylic oxidation sites excluding steroid dienone is 2. The van der Waals surface area contributed by atoms with Gasteiger partial charge in [-0.3, -0.25) is 0 Å². The van der Waals surface area contributed by atoms with Crippen LogP contribution in [-0.2, 0) is 4.74 Å². The van der Waals surface area contributed by atoms with E-state index in [-0.39, 0.29) is 18.8 Å². The Bertz CT molecular complexity index is 291. The van der Waals surface area contributed by atoms with Gasteiger partial charge in [-0.15, -0.1) is 0 Å². The Morgan fingerprint density at radius 3 is 2.17 bits per heavy atom. The number of hydrogen-bond acceptors (Lipinski definition) is 2. The summed E-state index contributed by atoms with van der Waals surface area (Å²) in [6.07, 6.45) is -2.33. The fraction of sp³-hybridized carbons (Fsp3) is 0.846. The number of ether oxygens (including phenoxy) is 1. The van der Waals surface area contributed by atoms with Crippen LogP contribution < -0.4 is 5.32 Å². The lowest BCUT2D eigenvalue weighted by molar-refractivity contribution is -0.184. The maximum absolute atomic E-state index is 12.5. The van der Waals surface area contributed by atoms with Gasteiger partial charge in [-0.05, 0) is 45.4 Å². The predicted octanol–water partition coefficient (Wildman–Crippen LogP) is 3.84. The van der Waals surface area contributed by atoms with Gasteiger partial charge in [0.25, 0.3) is 0 Å². The summed E-state index contributed by atoms with van der Waals surface area (Å²) in [5.74, 6) is -0.0388. The summed E-state index contributed by atoms with van der Waals surface area (Å²) in [6, 6.07) is 0. The van der Waals surface area contributed by atoms with Gasteiger partial charge >= 0.3 is 6.18 Å². The molecule has 1 aliphatic rings. The van der Waals surface area contributed by atoms with Crippen LogP contribution in [-0.4, -0.2) is 19.8 Å². The number of rotatable bonds is 4. The van der Waals surface area contributed by atoms with Crippen LogP contribution in [0.25, 0.3) is 0 Å². The Balaban J connectivity index is 2.33. The summed E-state index contributed by atoms with van der Waals surface area (Å²) in [6.45, 7) is 4.30. The summed E-state index contributed by atoms with van der Waals surface area (Å²) in [7, 11) is 1.82. The maximum atomic E-state index is 12.5. The summed E-state index contributed by atoms with van der Waals surface area (Å²) >= 11 is 0. The molecule has 0 unspecified atom stereocenters. The molecule has 0 aromatic carbocycles. The van der Waals surface area contributed by atoms with E-state index >= 15 is 0 Å². The van der Waals surface area contributed by atoms with Crippen molar-refractivity contribution >= 4 is 0 Å². The van der Waals surface area contributed by atoms with E-state index in [1.54, 1.807) is 0 Å². The summed E-state index contributed by atoms with van der Waals surface area (Å²) in [5.41, 5.74) is 0.957. The van der Waals surface area contributed by atoms with Crippen molar-refractivity contribution in [1.29, 1.82) is 0 Å². The Morgan fingerprint density at radius 1 is 1.17 bits per heavy atom. The third-order valence-electron chi connectivity index (χ3n) is 3.75. The van der Waals surface area contributed by atoms with Gasteiger partial charge in [0.1, 0.15) is 5.76 Å². The third-order valence-corrected chi connectivity index (χ3v) is 3.75. The van der Waals surface area contributed by atoms with Crippen molar-refractivity contribution in [3.8, 4) is 0 Å². The van der Waals surface area contributed by atoms with Crippen LogP contribution in [0.15, 0.2) is 11.5 Å². The van der Waals surface area contributed by atoms with Crippen LogP contribution in [0.2, 0.25) is 0 Å². The zero-order chi connectivity index (χ0) is 13.8. The van der Waals surface area contributed by atoms with Crippen molar-refractivity contribution in [2.45, 2.75) is 45.7 Å². The number of halogens is 3. The standard InChI is InChI=1S/C13H22F3NO/c1-9(17-3)10(2)18-8-11-4-6-12(7-5-11)13(14,15)16/h11-12,17H,4-8H2,1-3H3/b10-9-. The van der Waals surface area contributed by atoms with E-state index in [9.17, 15) is 13.2 Å². The zero-order valence-corrected chi connectivity index (χ0v) is 11.2. The number of alkyl halides is 3. The van der Waals surface area contributed by atoms with E-state index in [1.807, 2.05) is 20.9 Å². The van der Waals surface area contributed by atoms with Crippen LogP contribution >= 0.6 is 0 Å². The lowest BCUT2D eigenvalue weighted by Gasteiger charge is -2.29. The van der Waals surface area contributed by atoms with Crippen LogP contribution in [0.4, 0.5) is 13.2 Å². The van der Waals surface area contributed by atoms with Crippen LogP contribution in [0.5, 0.6) is 0 Å². The molecule has 0 aromatic heterocycles. The topological polar surface area (TPSA) is 21.3 Å². The Morgan fingerprint density at radius 2 is 1.72 bits per heavy atom. The molecule has 0 aliphatic heterocycles. The fourth-order valence-corrected chi connectivity index (χ4v) is 2.18. The highest BCUT2D eigenvalue weighted by Crippen LogP contribution is 2.39. The molecule has 1 aliphatic carbocycles. The van der Waals surface area contributed by atoms with E-state index in [0.29, 0.717) is 19.4 Å². The first-order chi connectivity index (χ1) is 8.34. The van der Waals surface area contributed by atoms with Gasteiger partial charge < -0.3 is 10.1 Å². The first kappa shape index (κ1) is 15.2. The molecule has 0 atom stereocenters. The average molecular weight is 265 g/mol. The Labute approximate surface area is 107 Å². The van der Waals surface area contributed by atoms with Crippen molar-refractivity contribution < 1.29 is 17.9 Å². The summed E-state index contributed by atoms with van der Waals surface area (Å²) in [5, 5.41) is 2.99. The molecular weight excluding hydrogens is 243 g/mol. The molecule has 0 aromatic rings. The van der Waals surface area contributed by atoms with Gasteiger partial charge in [-0.1, -0.05) is 0 Å². The number of nitrogens with one attached hydrogen (secondary N) is 1. The second-order valence-electron chi connectivity index (χ2n) is 5.00. The molecule has 0 amide bonds. The highest BCUT2D eigenvalue weighted by atomic mass is 19.4. The zero-order valence-electron chi connectivity index (χ0n) is 11.2. The summed E-state index contributed by atoms with van der Waals surface area (Å²) < 4.78 is 43.1. The normalized spacial score (nSPS) is 26.6. The van der Waals surface area contributed by atoms with E-state index in [4.69, 9.17) is 4.74 Å². The molecule has 106 valence electrons. The molecule has 0 radical (unpaired) electrons. The minimum absolute atomic E-state index is 0.241. The molecule has 1 rings (SSSR count). The second-order valence-corrected chi connectivity index (χ2v) is 5.00. The molecular formula is C13H22F3NO. The minimum atomic E-state index is -4.02. The first-order valence-corrected chi connectivity index (χ1v) is 6.39. The molecule has 18 heavy (non-hydrogen) atoms. The van der Waals surface area contributed by atoms with Crippen molar-refractivity contribution in [2.75, 3.05) is 13.7 Å². The maximum Gasteiger partial charge on any atom is 0.391 e. The van der Waals surface area contributed by atoms with Crippen LogP contribution in [0.1, 0.15) is 39.5 Å². The quantitative estimate of drug-likeness (QED) is 0.780. The highest BCUT2D eigenvalue weighted by molar-refractivity contribution is 4.99. The van der Waals surface area contributed by atoms with E-state index < -0.39 is 12.1 Å². The molecule has 0 bridgehead atoms. The van der Waals surface area contributed by atoms with Gasteiger partial charge in [-0.2, -0.15) is 13.2 Å². The second kappa shape index (κ2) is 6.34. The van der Waals surface area contributed by atoms with Gasteiger partial charge in [0, 0.05) is 12.7 Å². The fourth-order valence-electron chi connectivity index (χ4n) is 2.18. The largest absolute Gasteiger partial charge is 0.496 e. The SMILES string of the molecule is CN/C(C)=C(/C)OCC1CCC(C(F)(F)F)CC1. The Kier molecular flexibility index (Phi) is 5.35. The van der Waals surface area contributed by atoms with E-state index in [0.717, 1.165) is 11.5 Å². The Hall–Kier alpha value is -0.870. The molecule has 0 heterocycles. The van der Waals surface area contributed by atoms with Crippen molar-refractivity contribution in [2.24, 2.45) is 11.8 Å². The molecule has 1 saturated carbocycles. The van der Waals surface area contributed by atoms with Gasteiger partial charge in [0.15, 0.2) is 0 Å². The molecule has 1 fully saturated rings. The van der Waals surface area contributed by atoms with Gasteiger partial charge in [0.05, 0.1) is 12.5 Å². The third kappa shape index (κ3) is 4.42. The monoisotopic (exact) mass is 265 g/mol.